The highest BCUT2D eigenvalue weighted by Crippen LogP contribution is 2.36. The molecule has 0 fully saturated rings. The lowest BCUT2D eigenvalue weighted by atomic mass is 9.87. The molecule has 1 aromatic heterocycles. The molecule has 0 saturated carbocycles. The maximum absolute atomic E-state index is 13.2. The number of aromatic amines is 1. The van der Waals surface area contributed by atoms with Crippen molar-refractivity contribution in [2.24, 2.45) is 0 Å². The fourth-order valence-corrected chi connectivity index (χ4v) is 5.02. The van der Waals surface area contributed by atoms with Crippen molar-refractivity contribution in [2.75, 3.05) is 4.72 Å². The molecule has 1 aliphatic heterocycles. The number of hydrogen-bond donors (Lipinski definition) is 2. The summed E-state index contributed by atoms with van der Waals surface area (Å²) in [5.74, 6) is -1.37. The summed E-state index contributed by atoms with van der Waals surface area (Å²) in [4.78, 5) is 41.2. The molecule has 2 amide bonds. The maximum Gasteiger partial charge on any atom is 0.264 e. The van der Waals surface area contributed by atoms with Crippen molar-refractivity contribution in [2.45, 2.75) is 37.6 Å². The van der Waals surface area contributed by atoms with Crippen molar-refractivity contribution in [3.05, 3.63) is 92.4 Å². The van der Waals surface area contributed by atoms with Gasteiger partial charge in [-0.2, -0.15) is 0 Å². The maximum atomic E-state index is 13.2. The molecule has 10 heteroatoms. The second-order valence-corrected chi connectivity index (χ2v) is 11.1. The van der Waals surface area contributed by atoms with E-state index in [-0.39, 0.29) is 44.3 Å². The Bertz CT molecular complexity index is 1470. The first-order valence-electron chi connectivity index (χ1n) is 10.4. The van der Waals surface area contributed by atoms with Crippen molar-refractivity contribution in [1.82, 2.24) is 9.88 Å². The molecule has 0 aliphatic carbocycles. The summed E-state index contributed by atoms with van der Waals surface area (Å²) < 4.78 is 28.5. The SMILES string of the molecule is CC(C)(C)c1ccc(S(=O)(=O)Nc2ccc(Cl)c3c2C(=O)N(Cc2cc[nH]c(=O)c2)C3=O)cc1. The molecule has 0 unspecified atom stereocenters. The van der Waals surface area contributed by atoms with Gasteiger partial charge < -0.3 is 4.98 Å². The number of nitrogens with one attached hydrogen (secondary N) is 2. The van der Waals surface area contributed by atoms with E-state index in [0.29, 0.717) is 5.56 Å². The van der Waals surface area contributed by atoms with Crippen LogP contribution in [0.5, 0.6) is 0 Å². The van der Waals surface area contributed by atoms with Crippen LogP contribution in [0.2, 0.25) is 5.02 Å². The van der Waals surface area contributed by atoms with Crippen LogP contribution in [0.25, 0.3) is 0 Å². The molecule has 0 bridgehead atoms. The highest BCUT2D eigenvalue weighted by atomic mass is 35.5. The molecule has 2 heterocycles. The van der Waals surface area contributed by atoms with Gasteiger partial charge in [-0.1, -0.05) is 44.5 Å². The molecule has 0 radical (unpaired) electrons. The van der Waals surface area contributed by atoms with Gasteiger partial charge in [0.1, 0.15) is 0 Å². The van der Waals surface area contributed by atoms with Crippen LogP contribution in [0, 0.1) is 0 Å². The minimum atomic E-state index is -4.05. The van der Waals surface area contributed by atoms with Crippen LogP contribution in [-0.4, -0.2) is 30.1 Å². The molecule has 3 aromatic rings. The number of hydrogen-bond acceptors (Lipinski definition) is 5. The standard InChI is InChI=1S/C24H22ClN3O5S/c1-24(2,3)15-4-6-16(7-5-15)34(32,33)27-18-9-8-17(25)20-21(18)23(31)28(22(20)30)13-14-10-11-26-19(29)12-14/h4-12,27H,13H2,1-3H3,(H,26,29). The smallest absolute Gasteiger partial charge is 0.264 e. The number of rotatable bonds is 5. The molecule has 34 heavy (non-hydrogen) atoms. The number of sulfonamides is 1. The van der Waals surface area contributed by atoms with Gasteiger partial charge in [0, 0.05) is 12.3 Å². The van der Waals surface area contributed by atoms with Gasteiger partial charge in [-0.05, 0) is 46.9 Å². The van der Waals surface area contributed by atoms with Crippen LogP contribution in [0.15, 0.2) is 64.4 Å². The van der Waals surface area contributed by atoms with E-state index in [1.54, 1.807) is 18.2 Å². The molecule has 0 saturated heterocycles. The Morgan fingerprint density at radius 1 is 0.941 bits per heavy atom. The highest BCUT2D eigenvalue weighted by molar-refractivity contribution is 7.92. The Balaban J connectivity index is 1.68. The summed E-state index contributed by atoms with van der Waals surface area (Å²) in [6, 6.07) is 12.0. The molecule has 8 nitrogen and oxygen atoms in total. The summed E-state index contributed by atoms with van der Waals surface area (Å²) in [6.45, 7) is 5.90. The number of nitrogens with zero attached hydrogens (tertiary/aromatic N) is 1. The van der Waals surface area contributed by atoms with Gasteiger partial charge in [0.05, 0.1) is 33.3 Å². The van der Waals surface area contributed by atoms with E-state index in [2.05, 4.69) is 9.71 Å². The minimum absolute atomic E-state index is 0.0151. The number of benzene rings is 2. The summed E-state index contributed by atoms with van der Waals surface area (Å²) in [7, 11) is -4.05. The van der Waals surface area contributed by atoms with E-state index >= 15 is 0 Å². The van der Waals surface area contributed by atoms with Crippen LogP contribution in [0.1, 0.15) is 52.6 Å². The zero-order valence-corrected chi connectivity index (χ0v) is 20.3. The average molecular weight is 500 g/mol. The Hall–Kier alpha value is -3.43. The van der Waals surface area contributed by atoms with Gasteiger partial charge in [0.2, 0.25) is 5.56 Å². The number of carbonyl (C=O) groups is 2. The van der Waals surface area contributed by atoms with Gasteiger partial charge in [-0.25, -0.2) is 8.42 Å². The first-order chi connectivity index (χ1) is 15.9. The van der Waals surface area contributed by atoms with E-state index in [1.807, 2.05) is 20.8 Å². The molecule has 176 valence electrons. The minimum Gasteiger partial charge on any atom is -0.329 e. The van der Waals surface area contributed by atoms with Crippen LogP contribution >= 0.6 is 11.6 Å². The predicted octanol–water partition coefficient (Wildman–Crippen LogP) is 3.92. The summed E-state index contributed by atoms with van der Waals surface area (Å²) >= 11 is 6.21. The quantitative estimate of drug-likeness (QED) is 0.516. The zero-order chi connectivity index (χ0) is 24.8. The molecule has 2 N–H and O–H groups in total. The highest BCUT2D eigenvalue weighted by Gasteiger charge is 2.40. The lowest BCUT2D eigenvalue weighted by Gasteiger charge is -2.19. The molecular formula is C24H22ClN3O5S. The van der Waals surface area contributed by atoms with Crippen molar-refractivity contribution in [3.8, 4) is 0 Å². The van der Waals surface area contributed by atoms with Gasteiger partial charge >= 0.3 is 0 Å². The van der Waals surface area contributed by atoms with E-state index in [9.17, 15) is 22.8 Å². The van der Waals surface area contributed by atoms with Crippen molar-refractivity contribution >= 4 is 39.1 Å². The van der Waals surface area contributed by atoms with Crippen LogP contribution in [0.4, 0.5) is 5.69 Å². The topological polar surface area (TPSA) is 116 Å². The molecule has 0 spiro atoms. The van der Waals surface area contributed by atoms with Gasteiger partial charge in [-0.3, -0.25) is 24.0 Å². The second-order valence-electron chi connectivity index (χ2n) is 8.98. The van der Waals surface area contributed by atoms with E-state index in [1.165, 1.54) is 36.5 Å². The fourth-order valence-electron chi connectivity index (χ4n) is 3.71. The number of imide groups is 1. The first-order valence-corrected chi connectivity index (χ1v) is 12.2. The second kappa shape index (κ2) is 8.41. The molecule has 4 rings (SSSR count). The number of aromatic nitrogens is 1. The van der Waals surface area contributed by atoms with Crippen molar-refractivity contribution < 1.29 is 18.0 Å². The Morgan fingerprint density at radius 2 is 1.59 bits per heavy atom. The van der Waals surface area contributed by atoms with Crippen molar-refractivity contribution in [1.29, 1.82) is 0 Å². The Morgan fingerprint density at radius 3 is 2.21 bits per heavy atom. The Labute approximate surface area is 201 Å². The lowest BCUT2D eigenvalue weighted by molar-refractivity contribution is 0.0642. The van der Waals surface area contributed by atoms with Crippen LogP contribution < -0.4 is 10.3 Å². The first kappa shape index (κ1) is 23.7. The zero-order valence-electron chi connectivity index (χ0n) is 18.7. The fraction of sp³-hybridized carbons (Fsp3) is 0.208. The number of fused-ring (bicyclic) bond motifs is 1. The summed E-state index contributed by atoms with van der Waals surface area (Å²) in [6.07, 6.45) is 1.41. The monoisotopic (exact) mass is 499 g/mol. The summed E-state index contributed by atoms with van der Waals surface area (Å²) in [5, 5.41) is 0.0271. The summed E-state index contributed by atoms with van der Waals surface area (Å²) in [5.41, 5.74) is 0.624. The van der Waals surface area contributed by atoms with E-state index < -0.39 is 21.8 Å². The number of pyridine rings is 1. The number of amides is 2. The Kier molecular flexibility index (Phi) is 5.87. The molecule has 2 aromatic carbocycles. The van der Waals surface area contributed by atoms with E-state index in [4.69, 9.17) is 11.6 Å². The van der Waals surface area contributed by atoms with Crippen LogP contribution in [0.3, 0.4) is 0 Å². The predicted molar refractivity (Wildman–Crippen MR) is 129 cm³/mol. The van der Waals surface area contributed by atoms with Gasteiger partial charge in [0.25, 0.3) is 21.8 Å². The van der Waals surface area contributed by atoms with Gasteiger partial charge in [0.15, 0.2) is 0 Å². The number of anilines is 1. The number of halogens is 1. The largest absolute Gasteiger partial charge is 0.329 e. The van der Waals surface area contributed by atoms with Gasteiger partial charge in [-0.15, -0.1) is 0 Å². The van der Waals surface area contributed by atoms with E-state index in [0.717, 1.165) is 10.5 Å². The average Bonchev–Trinajstić information content (AvgIpc) is 3.01. The van der Waals surface area contributed by atoms with Crippen molar-refractivity contribution in [3.63, 3.8) is 0 Å². The molecule has 0 atom stereocenters. The van der Waals surface area contributed by atoms with Crippen LogP contribution in [-0.2, 0) is 22.0 Å². The lowest BCUT2D eigenvalue weighted by Crippen LogP contribution is -2.29. The third kappa shape index (κ3) is 4.36. The number of carbonyl (C=O) groups excluding carboxylic acids is 2. The number of H-pyrrole nitrogens is 1. The molecule has 1 aliphatic rings. The third-order valence-electron chi connectivity index (χ3n) is 5.53. The normalized spacial score (nSPS) is 13.8. The third-order valence-corrected chi connectivity index (χ3v) is 7.22. The molecular weight excluding hydrogens is 478 g/mol.